The molecular weight excluding hydrogens is 218 g/mol. The van der Waals surface area contributed by atoms with E-state index in [1.807, 2.05) is 19.9 Å². The summed E-state index contributed by atoms with van der Waals surface area (Å²) in [6, 6.07) is 1.81. The Labute approximate surface area is 102 Å². The fraction of sp³-hybridized carbons (Fsp3) is 0.636. The van der Waals surface area contributed by atoms with Gasteiger partial charge in [0.15, 0.2) is 0 Å². The van der Waals surface area contributed by atoms with Crippen molar-refractivity contribution in [3.8, 4) is 0 Å². The van der Waals surface area contributed by atoms with E-state index in [1.54, 1.807) is 6.92 Å². The molecular formula is C11H21N5O. The smallest absolute Gasteiger partial charge is 0.239 e. The maximum Gasteiger partial charge on any atom is 0.239 e. The Kier molecular flexibility index (Phi) is 4.65. The summed E-state index contributed by atoms with van der Waals surface area (Å²) in [6.07, 6.45) is 1.68. The number of hydrogen-bond donors (Lipinski definition) is 4. The molecule has 0 aliphatic rings. The zero-order valence-electron chi connectivity index (χ0n) is 10.6. The average molecular weight is 239 g/mol. The standard InChI is InChI=1S/C11H21N5O/c1-4-5-11(3,17)7-13-9-6-8(2)14-10(15-9)16-12/h6,17H,4-5,7,12H2,1-3H3,(H2,13,14,15,16). The third kappa shape index (κ3) is 4.54. The average Bonchev–Trinajstić information content (AvgIpc) is 2.26. The highest BCUT2D eigenvalue weighted by Gasteiger charge is 2.18. The van der Waals surface area contributed by atoms with Crippen molar-refractivity contribution in [2.75, 3.05) is 17.3 Å². The summed E-state index contributed by atoms with van der Waals surface area (Å²) in [6.45, 7) is 6.15. The van der Waals surface area contributed by atoms with Crippen LogP contribution in [0.15, 0.2) is 6.07 Å². The molecule has 6 nitrogen and oxygen atoms in total. The Hall–Kier alpha value is -1.40. The van der Waals surface area contributed by atoms with E-state index in [2.05, 4.69) is 20.7 Å². The molecule has 0 fully saturated rings. The molecule has 1 heterocycles. The molecule has 96 valence electrons. The van der Waals surface area contributed by atoms with Gasteiger partial charge in [0.25, 0.3) is 0 Å². The van der Waals surface area contributed by atoms with Crippen LogP contribution < -0.4 is 16.6 Å². The molecule has 0 bridgehead atoms. The molecule has 0 amide bonds. The van der Waals surface area contributed by atoms with E-state index >= 15 is 0 Å². The van der Waals surface area contributed by atoms with Crippen LogP contribution in [0.2, 0.25) is 0 Å². The molecule has 1 rings (SSSR count). The Morgan fingerprint density at radius 3 is 2.76 bits per heavy atom. The van der Waals surface area contributed by atoms with Crippen LogP contribution in [0.25, 0.3) is 0 Å². The van der Waals surface area contributed by atoms with Crippen molar-refractivity contribution in [2.45, 2.75) is 39.2 Å². The quantitative estimate of drug-likeness (QED) is 0.437. The Morgan fingerprint density at radius 1 is 1.47 bits per heavy atom. The molecule has 0 saturated carbocycles. The van der Waals surface area contributed by atoms with Crippen LogP contribution in [-0.4, -0.2) is 27.2 Å². The minimum atomic E-state index is -0.732. The van der Waals surface area contributed by atoms with Crippen LogP contribution in [0.3, 0.4) is 0 Å². The zero-order chi connectivity index (χ0) is 12.9. The number of nitrogens with zero attached hydrogens (tertiary/aromatic N) is 2. The molecule has 1 atom stereocenters. The molecule has 0 aromatic carbocycles. The van der Waals surface area contributed by atoms with Gasteiger partial charge in [-0.15, -0.1) is 0 Å². The van der Waals surface area contributed by atoms with Crippen molar-refractivity contribution >= 4 is 11.8 Å². The maximum atomic E-state index is 10.0. The second-order valence-electron chi connectivity index (χ2n) is 4.46. The number of nitrogens with two attached hydrogens (primary N) is 1. The summed E-state index contributed by atoms with van der Waals surface area (Å²) in [7, 11) is 0. The number of rotatable bonds is 6. The lowest BCUT2D eigenvalue weighted by Gasteiger charge is -2.23. The van der Waals surface area contributed by atoms with Crippen molar-refractivity contribution in [3.05, 3.63) is 11.8 Å². The topological polar surface area (TPSA) is 96.1 Å². The third-order valence-corrected chi connectivity index (χ3v) is 2.42. The van der Waals surface area contributed by atoms with Crippen molar-refractivity contribution in [1.82, 2.24) is 9.97 Å². The maximum absolute atomic E-state index is 10.0. The predicted octanol–water partition coefficient (Wildman–Crippen LogP) is 1.03. The van der Waals surface area contributed by atoms with Gasteiger partial charge in [0, 0.05) is 18.3 Å². The first-order valence-electron chi connectivity index (χ1n) is 5.75. The summed E-state index contributed by atoms with van der Waals surface area (Å²) in [5.41, 5.74) is 2.48. The van der Waals surface area contributed by atoms with Gasteiger partial charge in [-0.2, -0.15) is 4.98 Å². The second kappa shape index (κ2) is 5.79. The normalized spacial score (nSPS) is 14.2. The first kappa shape index (κ1) is 13.7. The van der Waals surface area contributed by atoms with Crippen molar-refractivity contribution in [1.29, 1.82) is 0 Å². The summed E-state index contributed by atoms with van der Waals surface area (Å²) in [4.78, 5) is 8.23. The van der Waals surface area contributed by atoms with Gasteiger partial charge in [0.05, 0.1) is 5.60 Å². The molecule has 0 saturated heterocycles. The first-order valence-corrected chi connectivity index (χ1v) is 5.75. The molecule has 5 N–H and O–H groups in total. The minimum Gasteiger partial charge on any atom is -0.388 e. The molecule has 0 aliphatic carbocycles. The summed E-state index contributed by atoms with van der Waals surface area (Å²) in [5.74, 6) is 6.28. The molecule has 0 aliphatic heterocycles. The van der Waals surface area contributed by atoms with Crippen molar-refractivity contribution in [2.24, 2.45) is 5.84 Å². The van der Waals surface area contributed by atoms with Gasteiger partial charge in [-0.25, -0.2) is 10.8 Å². The van der Waals surface area contributed by atoms with E-state index in [-0.39, 0.29) is 0 Å². The van der Waals surface area contributed by atoms with E-state index in [1.165, 1.54) is 0 Å². The van der Waals surface area contributed by atoms with Crippen LogP contribution >= 0.6 is 0 Å². The van der Waals surface area contributed by atoms with Crippen LogP contribution in [0.1, 0.15) is 32.4 Å². The molecule has 17 heavy (non-hydrogen) atoms. The molecule has 1 aromatic rings. The molecule has 6 heteroatoms. The van der Waals surface area contributed by atoms with Crippen LogP contribution in [0.5, 0.6) is 0 Å². The summed E-state index contributed by atoms with van der Waals surface area (Å²) < 4.78 is 0. The van der Waals surface area contributed by atoms with Crippen LogP contribution in [-0.2, 0) is 0 Å². The molecule has 0 spiro atoms. The number of hydrazine groups is 1. The fourth-order valence-electron chi connectivity index (χ4n) is 1.63. The van der Waals surface area contributed by atoms with Crippen LogP contribution in [0, 0.1) is 6.92 Å². The largest absolute Gasteiger partial charge is 0.388 e. The lowest BCUT2D eigenvalue weighted by Crippen LogP contribution is -2.33. The van der Waals surface area contributed by atoms with E-state index in [9.17, 15) is 5.11 Å². The number of hydrogen-bond acceptors (Lipinski definition) is 6. The van der Waals surface area contributed by atoms with E-state index < -0.39 is 5.60 Å². The minimum absolute atomic E-state index is 0.364. The highest BCUT2D eigenvalue weighted by atomic mass is 16.3. The Balaban J connectivity index is 2.65. The summed E-state index contributed by atoms with van der Waals surface area (Å²) in [5, 5.41) is 13.1. The predicted molar refractivity (Wildman–Crippen MR) is 68.6 cm³/mol. The first-order chi connectivity index (χ1) is 7.96. The van der Waals surface area contributed by atoms with Gasteiger partial charge in [0.2, 0.25) is 5.95 Å². The van der Waals surface area contributed by atoms with Gasteiger partial charge in [-0.3, -0.25) is 5.43 Å². The van der Waals surface area contributed by atoms with Crippen LogP contribution in [0.4, 0.5) is 11.8 Å². The number of aryl methyl sites for hydroxylation is 1. The van der Waals surface area contributed by atoms with Gasteiger partial charge in [-0.1, -0.05) is 13.3 Å². The number of aliphatic hydroxyl groups is 1. The molecule has 1 aromatic heterocycles. The second-order valence-corrected chi connectivity index (χ2v) is 4.46. The van der Waals surface area contributed by atoms with E-state index in [0.29, 0.717) is 18.3 Å². The lowest BCUT2D eigenvalue weighted by molar-refractivity contribution is 0.0636. The zero-order valence-corrected chi connectivity index (χ0v) is 10.6. The molecule has 1 unspecified atom stereocenters. The third-order valence-electron chi connectivity index (χ3n) is 2.42. The molecule has 0 radical (unpaired) electrons. The number of aromatic nitrogens is 2. The monoisotopic (exact) mass is 239 g/mol. The highest BCUT2D eigenvalue weighted by Crippen LogP contribution is 2.14. The SMILES string of the molecule is CCCC(C)(O)CNc1cc(C)nc(NN)n1. The summed E-state index contributed by atoms with van der Waals surface area (Å²) >= 11 is 0. The number of nitrogens with one attached hydrogen (secondary N) is 2. The highest BCUT2D eigenvalue weighted by molar-refractivity contribution is 5.41. The van der Waals surface area contributed by atoms with Gasteiger partial charge >= 0.3 is 0 Å². The Morgan fingerprint density at radius 2 is 2.18 bits per heavy atom. The van der Waals surface area contributed by atoms with E-state index in [0.717, 1.165) is 18.5 Å². The van der Waals surface area contributed by atoms with Gasteiger partial charge in [-0.05, 0) is 20.3 Å². The van der Waals surface area contributed by atoms with Gasteiger partial charge in [0.1, 0.15) is 5.82 Å². The Bertz CT molecular complexity index is 367. The fourth-order valence-corrected chi connectivity index (χ4v) is 1.63. The number of anilines is 2. The number of nitrogen functional groups attached to an aromatic ring is 1. The lowest BCUT2D eigenvalue weighted by atomic mass is 10.0. The van der Waals surface area contributed by atoms with Gasteiger partial charge < -0.3 is 10.4 Å². The van der Waals surface area contributed by atoms with E-state index in [4.69, 9.17) is 5.84 Å². The van der Waals surface area contributed by atoms with Crippen molar-refractivity contribution in [3.63, 3.8) is 0 Å². The van der Waals surface area contributed by atoms with Crippen molar-refractivity contribution < 1.29 is 5.11 Å².